The highest BCUT2D eigenvalue weighted by molar-refractivity contribution is 7.05. The van der Waals surface area contributed by atoms with Crippen molar-refractivity contribution in [3.63, 3.8) is 0 Å². The zero-order valence-electron chi connectivity index (χ0n) is 8.13. The van der Waals surface area contributed by atoms with Gasteiger partial charge in [-0.2, -0.15) is 4.37 Å². The van der Waals surface area contributed by atoms with E-state index >= 15 is 0 Å². The summed E-state index contributed by atoms with van der Waals surface area (Å²) >= 11 is 1.36. The van der Waals surface area contributed by atoms with Crippen LogP contribution in [0.15, 0.2) is 6.07 Å². The largest absolute Gasteiger partial charge is 0.350 e. The number of carbonyl (C=O) groups is 1. The predicted octanol–water partition coefficient (Wildman–Crippen LogP) is 1.84. The highest BCUT2D eigenvalue weighted by Gasteiger charge is 2.08. The number of aryl methyl sites for hydroxylation is 1. The fourth-order valence-corrected chi connectivity index (χ4v) is 1.40. The molecule has 0 saturated carbocycles. The minimum atomic E-state index is -0.0713. The van der Waals surface area contributed by atoms with E-state index in [0.717, 1.165) is 4.88 Å². The zero-order valence-corrected chi connectivity index (χ0v) is 8.94. The summed E-state index contributed by atoms with van der Waals surface area (Å²) < 4.78 is 4.02. The Bertz CT molecular complexity index is 294. The fourth-order valence-electron chi connectivity index (χ4n) is 0.861. The molecular weight excluding hydrogens is 184 g/mol. The van der Waals surface area contributed by atoms with Crippen LogP contribution in [0.3, 0.4) is 0 Å². The Morgan fingerprint density at radius 1 is 1.69 bits per heavy atom. The van der Waals surface area contributed by atoms with Crippen molar-refractivity contribution in [2.45, 2.75) is 20.8 Å². The second-order valence-electron chi connectivity index (χ2n) is 3.43. The normalized spacial score (nSPS) is 10.5. The van der Waals surface area contributed by atoms with Crippen molar-refractivity contribution in [3.8, 4) is 0 Å². The molecule has 1 aromatic heterocycles. The first-order valence-electron chi connectivity index (χ1n) is 4.31. The predicted molar refractivity (Wildman–Crippen MR) is 54.0 cm³/mol. The maximum absolute atomic E-state index is 11.4. The molecule has 72 valence electrons. The van der Waals surface area contributed by atoms with E-state index in [0.29, 0.717) is 18.2 Å². The van der Waals surface area contributed by atoms with Gasteiger partial charge in [0.15, 0.2) is 0 Å². The Morgan fingerprint density at radius 3 is 2.85 bits per heavy atom. The van der Waals surface area contributed by atoms with E-state index in [1.807, 2.05) is 6.92 Å². The van der Waals surface area contributed by atoms with E-state index in [9.17, 15) is 4.79 Å². The Hall–Kier alpha value is -0.900. The fraction of sp³-hybridized carbons (Fsp3) is 0.556. The Morgan fingerprint density at radius 2 is 2.38 bits per heavy atom. The third-order valence-corrected chi connectivity index (χ3v) is 2.23. The standard InChI is InChI=1S/C9H14N2OS/c1-6(2)5-10-9(12)8-4-7(3)13-11-8/h4,6H,5H2,1-3H3,(H,10,12). The number of hydrogen-bond acceptors (Lipinski definition) is 3. The summed E-state index contributed by atoms with van der Waals surface area (Å²) in [6.45, 7) is 6.77. The molecule has 1 amide bonds. The van der Waals surface area contributed by atoms with Gasteiger partial charge in [-0.25, -0.2) is 0 Å². The van der Waals surface area contributed by atoms with Crippen LogP contribution >= 0.6 is 11.5 Å². The first kappa shape index (κ1) is 10.2. The van der Waals surface area contributed by atoms with Crippen LogP contribution in [-0.2, 0) is 0 Å². The summed E-state index contributed by atoms with van der Waals surface area (Å²) in [7, 11) is 0. The van der Waals surface area contributed by atoms with Gasteiger partial charge >= 0.3 is 0 Å². The third kappa shape index (κ3) is 3.14. The van der Waals surface area contributed by atoms with Gasteiger partial charge in [0.05, 0.1) is 0 Å². The second kappa shape index (κ2) is 4.37. The molecule has 0 aliphatic rings. The SMILES string of the molecule is Cc1cc(C(=O)NCC(C)C)ns1. The molecule has 0 aromatic carbocycles. The summed E-state index contributed by atoms with van der Waals surface area (Å²) in [5, 5.41) is 2.82. The molecule has 1 heterocycles. The molecule has 1 rings (SSSR count). The molecular formula is C9H14N2OS. The first-order valence-corrected chi connectivity index (χ1v) is 5.08. The molecule has 1 aromatic rings. The van der Waals surface area contributed by atoms with Gasteiger partial charge in [-0.15, -0.1) is 0 Å². The van der Waals surface area contributed by atoms with Crippen LogP contribution in [0.25, 0.3) is 0 Å². The van der Waals surface area contributed by atoms with Crippen molar-refractivity contribution in [2.24, 2.45) is 5.92 Å². The van der Waals surface area contributed by atoms with Gasteiger partial charge in [0, 0.05) is 11.4 Å². The van der Waals surface area contributed by atoms with Gasteiger partial charge in [-0.3, -0.25) is 4.79 Å². The average molecular weight is 198 g/mol. The molecule has 0 aliphatic heterocycles. The van der Waals surface area contributed by atoms with Crippen molar-refractivity contribution in [1.82, 2.24) is 9.69 Å². The third-order valence-electron chi connectivity index (χ3n) is 1.53. The molecule has 0 radical (unpaired) electrons. The number of hydrogen-bond donors (Lipinski definition) is 1. The van der Waals surface area contributed by atoms with E-state index in [4.69, 9.17) is 0 Å². The smallest absolute Gasteiger partial charge is 0.271 e. The lowest BCUT2D eigenvalue weighted by Crippen LogP contribution is -2.27. The molecule has 0 spiro atoms. The molecule has 0 saturated heterocycles. The summed E-state index contributed by atoms with van der Waals surface area (Å²) in [6, 6.07) is 1.81. The van der Waals surface area contributed by atoms with Crippen molar-refractivity contribution in [2.75, 3.05) is 6.54 Å². The lowest BCUT2D eigenvalue weighted by molar-refractivity contribution is 0.0945. The Balaban J connectivity index is 2.49. The van der Waals surface area contributed by atoms with Crippen LogP contribution in [0.1, 0.15) is 29.2 Å². The average Bonchev–Trinajstić information content (AvgIpc) is 2.47. The number of rotatable bonds is 3. The molecule has 0 unspecified atom stereocenters. The molecule has 1 N–H and O–H groups in total. The van der Waals surface area contributed by atoms with E-state index in [1.54, 1.807) is 6.07 Å². The van der Waals surface area contributed by atoms with Crippen LogP contribution in [0.2, 0.25) is 0 Å². The summed E-state index contributed by atoms with van der Waals surface area (Å²) in [4.78, 5) is 12.5. The highest BCUT2D eigenvalue weighted by atomic mass is 32.1. The van der Waals surface area contributed by atoms with Crippen molar-refractivity contribution < 1.29 is 4.79 Å². The number of nitrogens with one attached hydrogen (secondary N) is 1. The van der Waals surface area contributed by atoms with Crippen molar-refractivity contribution >= 4 is 17.4 Å². The van der Waals surface area contributed by atoms with E-state index in [1.165, 1.54) is 11.5 Å². The van der Waals surface area contributed by atoms with Gasteiger partial charge in [0.2, 0.25) is 0 Å². The van der Waals surface area contributed by atoms with Crippen LogP contribution < -0.4 is 5.32 Å². The molecule has 0 atom stereocenters. The molecule has 0 aliphatic carbocycles. The van der Waals surface area contributed by atoms with Gasteiger partial charge in [0.1, 0.15) is 5.69 Å². The molecule has 0 bridgehead atoms. The molecule has 13 heavy (non-hydrogen) atoms. The summed E-state index contributed by atoms with van der Waals surface area (Å²) in [5.74, 6) is 0.404. The second-order valence-corrected chi connectivity index (χ2v) is 4.44. The lowest BCUT2D eigenvalue weighted by atomic mass is 10.2. The maximum atomic E-state index is 11.4. The maximum Gasteiger partial charge on any atom is 0.271 e. The van der Waals surface area contributed by atoms with Gasteiger partial charge in [0.25, 0.3) is 5.91 Å². The van der Waals surface area contributed by atoms with Gasteiger partial charge in [-0.05, 0) is 30.4 Å². The summed E-state index contributed by atoms with van der Waals surface area (Å²) in [6.07, 6.45) is 0. The summed E-state index contributed by atoms with van der Waals surface area (Å²) in [5.41, 5.74) is 0.531. The van der Waals surface area contributed by atoms with Gasteiger partial charge < -0.3 is 5.32 Å². The number of aromatic nitrogens is 1. The van der Waals surface area contributed by atoms with Crippen LogP contribution in [0, 0.1) is 12.8 Å². The van der Waals surface area contributed by atoms with Crippen LogP contribution in [0.4, 0.5) is 0 Å². The lowest BCUT2D eigenvalue weighted by Gasteiger charge is -2.04. The quantitative estimate of drug-likeness (QED) is 0.805. The highest BCUT2D eigenvalue weighted by Crippen LogP contribution is 2.07. The van der Waals surface area contributed by atoms with Crippen LogP contribution in [0.5, 0.6) is 0 Å². The minimum absolute atomic E-state index is 0.0713. The monoisotopic (exact) mass is 198 g/mol. The number of amides is 1. The van der Waals surface area contributed by atoms with Crippen molar-refractivity contribution in [3.05, 3.63) is 16.6 Å². The minimum Gasteiger partial charge on any atom is -0.350 e. The zero-order chi connectivity index (χ0) is 9.84. The van der Waals surface area contributed by atoms with Crippen LogP contribution in [-0.4, -0.2) is 16.8 Å². The molecule has 4 heteroatoms. The number of nitrogens with zero attached hydrogens (tertiary/aromatic N) is 1. The Kier molecular flexibility index (Phi) is 3.42. The molecule has 0 fully saturated rings. The number of carbonyl (C=O) groups excluding carboxylic acids is 1. The van der Waals surface area contributed by atoms with E-state index < -0.39 is 0 Å². The topological polar surface area (TPSA) is 42.0 Å². The van der Waals surface area contributed by atoms with Crippen molar-refractivity contribution in [1.29, 1.82) is 0 Å². The molecule has 3 nitrogen and oxygen atoms in total. The van der Waals surface area contributed by atoms with Gasteiger partial charge in [-0.1, -0.05) is 13.8 Å². The van der Waals surface area contributed by atoms with E-state index in [2.05, 4.69) is 23.5 Å². The Labute approximate surface area is 82.3 Å². The first-order chi connectivity index (χ1) is 6.09. The van der Waals surface area contributed by atoms with E-state index in [-0.39, 0.29) is 5.91 Å².